The molecule has 0 spiro atoms. The maximum atomic E-state index is 12.2. The van der Waals surface area contributed by atoms with Gasteiger partial charge in [-0.1, -0.05) is 18.6 Å². The molecule has 0 aromatic heterocycles. The summed E-state index contributed by atoms with van der Waals surface area (Å²) in [6.45, 7) is 3.67. The van der Waals surface area contributed by atoms with Crippen molar-refractivity contribution in [3.63, 3.8) is 0 Å². The van der Waals surface area contributed by atoms with E-state index in [2.05, 4.69) is 6.08 Å². The maximum absolute atomic E-state index is 12.2. The van der Waals surface area contributed by atoms with Crippen molar-refractivity contribution < 1.29 is 14.7 Å². The van der Waals surface area contributed by atoms with Gasteiger partial charge in [-0.15, -0.1) is 0 Å². The van der Waals surface area contributed by atoms with Gasteiger partial charge in [0.25, 0.3) is 0 Å². The first-order valence-corrected chi connectivity index (χ1v) is 6.73. The second-order valence-electron chi connectivity index (χ2n) is 4.96. The van der Waals surface area contributed by atoms with E-state index in [1.165, 1.54) is 16.9 Å². The van der Waals surface area contributed by atoms with Gasteiger partial charge >= 0.3 is 5.97 Å². The van der Waals surface area contributed by atoms with Crippen LogP contribution < -0.4 is 0 Å². The lowest BCUT2D eigenvalue weighted by atomic mass is 9.96. The molecule has 1 aliphatic rings. The van der Waals surface area contributed by atoms with E-state index in [0.717, 1.165) is 25.7 Å². The first-order chi connectivity index (χ1) is 8.54. The molecule has 1 amide bonds. The molecule has 1 unspecified atom stereocenters. The quantitative estimate of drug-likeness (QED) is 0.740. The second-order valence-corrected chi connectivity index (χ2v) is 4.96. The molecule has 0 bridgehead atoms. The summed E-state index contributed by atoms with van der Waals surface area (Å²) in [4.78, 5) is 24.5. The van der Waals surface area contributed by atoms with Gasteiger partial charge < -0.3 is 10.0 Å². The van der Waals surface area contributed by atoms with Crippen molar-refractivity contribution >= 4 is 11.9 Å². The highest BCUT2D eigenvalue weighted by Gasteiger charge is 2.22. The van der Waals surface area contributed by atoms with E-state index in [4.69, 9.17) is 5.11 Å². The molecule has 0 fully saturated rings. The normalized spacial score (nSPS) is 16.9. The van der Waals surface area contributed by atoms with Crippen molar-refractivity contribution in [2.24, 2.45) is 0 Å². The van der Waals surface area contributed by atoms with E-state index in [-0.39, 0.29) is 18.5 Å². The van der Waals surface area contributed by atoms with Crippen LogP contribution in [0.3, 0.4) is 0 Å². The Labute approximate surface area is 109 Å². The number of carbonyl (C=O) groups excluding carboxylic acids is 1. The fraction of sp³-hybridized carbons (Fsp3) is 0.714. The molecule has 0 heterocycles. The number of nitrogens with zero attached hydrogens (tertiary/aromatic N) is 1. The fourth-order valence-corrected chi connectivity index (χ4v) is 2.22. The zero-order chi connectivity index (χ0) is 13.5. The second kappa shape index (κ2) is 7.19. The number of hydrogen-bond acceptors (Lipinski definition) is 2. The zero-order valence-electron chi connectivity index (χ0n) is 11.3. The van der Waals surface area contributed by atoms with Crippen LogP contribution in [0, 0.1) is 0 Å². The molecule has 0 radical (unpaired) electrons. The smallest absolute Gasteiger partial charge is 0.323 e. The van der Waals surface area contributed by atoms with Crippen molar-refractivity contribution in [1.29, 1.82) is 0 Å². The number of allylic oxidation sites excluding steroid dienone is 1. The molecule has 1 atom stereocenters. The van der Waals surface area contributed by atoms with Crippen molar-refractivity contribution in [3.8, 4) is 0 Å². The Bertz CT molecular complexity index is 336. The van der Waals surface area contributed by atoms with E-state index >= 15 is 0 Å². The van der Waals surface area contributed by atoms with Gasteiger partial charge in [-0.05, 0) is 39.0 Å². The topological polar surface area (TPSA) is 57.6 Å². The van der Waals surface area contributed by atoms with Crippen LogP contribution in [-0.2, 0) is 9.59 Å². The summed E-state index contributed by atoms with van der Waals surface area (Å²) in [5, 5.41) is 8.87. The van der Waals surface area contributed by atoms with Crippen LogP contribution in [0.2, 0.25) is 0 Å². The van der Waals surface area contributed by atoms with Crippen LogP contribution in [0.5, 0.6) is 0 Å². The average Bonchev–Trinajstić information content (AvgIpc) is 2.36. The van der Waals surface area contributed by atoms with Crippen molar-refractivity contribution in [2.75, 3.05) is 6.54 Å². The van der Waals surface area contributed by atoms with Crippen molar-refractivity contribution in [2.45, 2.75) is 58.4 Å². The Balaban J connectivity index is 2.63. The molecule has 0 saturated heterocycles. The van der Waals surface area contributed by atoms with E-state index in [1.807, 2.05) is 13.8 Å². The number of hydrogen-bond donors (Lipinski definition) is 1. The first kappa shape index (κ1) is 14.7. The number of carbonyl (C=O) groups is 2. The van der Waals surface area contributed by atoms with Crippen LogP contribution in [0.4, 0.5) is 0 Å². The molecular formula is C14H23NO3. The molecule has 0 saturated carbocycles. The number of carboxylic acid groups (broad SMARTS) is 1. The lowest BCUT2D eigenvalue weighted by molar-refractivity contribution is -0.145. The summed E-state index contributed by atoms with van der Waals surface area (Å²) < 4.78 is 0. The van der Waals surface area contributed by atoms with Crippen LogP contribution >= 0.6 is 0 Å². The molecule has 18 heavy (non-hydrogen) atoms. The molecule has 1 N–H and O–H groups in total. The summed E-state index contributed by atoms with van der Waals surface area (Å²) in [6.07, 6.45) is 7.66. The number of carboxylic acids is 1. The number of aliphatic carboxylic acids is 1. The SMILES string of the molecule is CCC(C)N(CC(=O)O)C(=O)CC1=CCCCC1. The van der Waals surface area contributed by atoms with Crippen LogP contribution in [0.25, 0.3) is 0 Å². The van der Waals surface area contributed by atoms with E-state index in [1.54, 1.807) is 0 Å². The largest absolute Gasteiger partial charge is 0.480 e. The van der Waals surface area contributed by atoms with Gasteiger partial charge in [-0.3, -0.25) is 9.59 Å². The number of amides is 1. The fourth-order valence-electron chi connectivity index (χ4n) is 2.22. The van der Waals surface area contributed by atoms with E-state index in [0.29, 0.717) is 6.42 Å². The summed E-state index contributed by atoms with van der Waals surface area (Å²) in [6, 6.07) is -0.0159. The predicted molar refractivity (Wildman–Crippen MR) is 70.3 cm³/mol. The summed E-state index contributed by atoms with van der Waals surface area (Å²) >= 11 is 0. The van der Waals surface area contributed by atoms with Gasteiger partial charge in [-0.25, -0.2) is 0 Å². The average molecular weight is 253 g/mol. The predicted octanol–water partition coefficient (Wildman–Crippen LogP) is 2.59. The highest BCUT2D eigenvalue weighted by molar-refractivity contribution is 5.83. The standard InChI is InChI=1S/C14H23NO3/c1-3-11(2)15(10-14(17)18)13(16)9-12-7-5-4-6-8-12/h7,11H,3-6,8-10H2,1-2H3,(H,17,18). The summed E-state index contributed by atoms with van der Waals surface area (Å²) in [5.41, 5.74) is 1.17. The minimum Gasteiger partial charge on any atom is -0.480 e. The molecule has 4 nitrogen and oxygen atoms in total. The highest BCUT2D eigenvalue weighted by atomic mass is 16.4. The molecular weight excluding hydrogens is 230 g/mol. The Morgan fingerprint density at radius 2 is 2.17 bits per heavy atom. The van der Waals surface area contributed by atoms with Crippen molar-refractivity contribution in [3.05, 3.63) is 11.6 Å². The third kappa shape index (κ3) is 4.51. The van der Waals surface area contributed by atoms with E-state index < -0.39 is 5.97 Å². The molecule has 0 aliphatic heterocycles. The molecule has 0 aromatic rings. The minimum atomic E-state index is -0.943. The summed E-state index contributed by atoms with van der Waals surface area (Å²) in [7, 11) is 0. The Morgan fingerprint density at radius 3 is 2.67 bits per heavy atom. The van der Waals surface area contributed by atoms with Crippen LogP contribution in [0.15, 0.2) is 11.6 Å². The van der Waals surface area contributed by atoms with E-state index in [9.17, 15) is 9.59 Å². The third-order valence-corrected chi connectivity index (χ3v) is 3.51. The van der Waals surface area contributed by atoms with Crippen LogP contribution in [0.1, 0.15) is 52.4 Å². The van der Waals surface area contributed by atoms with Crippen molar-refractivity contribution in [1.82, 2.24) is 4.90 Å². The Kier molecular flexibility index (Phi) is 5.89. The van der Waals surface area contributed by atoms with Gasteiger partial charge in [0, 0.05) is 12.5 Å². The maximum Gasteiger partial charge on any atom is 0.323 e. The molecule has 1 rings (SSSR count). The molecule has 102 valence electrons. The molecule has 4 heteroatoms. The molecule has 0 aromatic carbocycles. The summed E-state index contributed by atoms with van der Waals surface area (Å²) in [5.74, 6) is -0.999. The lowest BCUT2D eigenvalue weighted by Crippen LogP contribution is -2.41. The number of rotatable bonds is 6. The first-order valence-electron chi connectivity index (χ1n) is 6.73. The Hall–Kier alpha value is -1.32. The zero-order valence-corrected chi connectivity index (χ0v) is 11.3. The van der Waals surface area contributed by atoms with Gasteiger partial charge in [-0.2, -0.15) is 0 Å². The van der Waals surface area contributed by atoms with Crippen LogP contribution in [-0.4, -0.2) is 34.5 Å². The van der Waals surface area contributed by atoms with Gasteiger partial charge in [0.1, 0.15) is 6.54 Å². The minimum absolute atomic E-state index is 0.0159. The molecule has 1 aliphatic carbocycles. The van der Waals surface area contributed by atoms with Gasteiger partial charge in [0.2, 0.25) is 5.91 Å². The van der Waals surface area contributed by atoms with Gasteiger partial charge in [0.15, 0.2) is 0 Å². The highest BCUT2D eigenvalue weighted by Crippen LogP contribution is 2.21. The monoisotopic (exact) mass is 253 g/mol. The van der Waals surface area contributed by atoms with Gasteiger partial charge in [0.05, 0.1) is 0 Å². The third-order valence-electron chi connectivity index (χ3n) is 3.51. The lowest BCUT2D eigenvalue weighted by Gasteiger charge is -2.27. The Morgan fingerprint density at radius 1 is 1.44 bits per heavy atom.